The van der Waals surface area contributed by atoms with E-state index in [2.05, 4.69) is 45.6 Å². The molecule has 3 aromatic rings. The van der Waals surface area contributed by atoms with Gasteiger partial charge >= 0.3 is 6.09 Å². The summed E-state index contributed by atoms with van der Waals surface area (Å²) in [5.74, 6) is 0.610. The Balaban J connectivity index is 1.57. The van der Waals surface area contributed by atoms with Crippen molar-refractivity contribution in [2.75, 3.05) is 13.7 Å². The molecule has 0 spiro atoms. The van der Waals surface area contributed by atoms with Crippen LogP contribution >= 0.6 is 0 Å². The fourth-order valence-corrected chi connectivity index (χ4v) is 4.20. The molecule has 0 aliphatic carbocycles. The van der Waals surface area contributed by atoms with Crippen molar-refractivity contribution in [1.29, 1.82) is 0 Å². The van der Waals surface area contributed by atoms with Gasteiger partial charge in [-0.1, -0.05) is 50.2 Å². The van der Waals surface area contributed by atoms with Crippen molar-refractivity contribution in [3.63, 3.8) is 0 Å². The van der Waals surface area contributed by atoms with Gasteiger partial charge in [0.05, 0.1) is 25.0 Å². The summed E-state index contributed by atoms with van der Waals surface area (Å²) in [6, 6.07) is 13.8. The second kappa shape index (κ2) is 8.79. The molecule has 162 valence electrons. The number of carbonyl (C=O) groups is 2. The number of aromatic nitrogens is 2. The van der Waals surface area contributed by atoms with Gasteiger partial charge in [0.15, 0.2) is 0 Å². The monoisotopic (exact) mass is 420 g/mol. The first-order valence-corrected chi connectivity index (χ1v) is 10.7. The highest BCUT2D eigenvalue weighted by molar-refractivity contribution is 5.87. The highest BCUT2D eigenvalue weighted by Gasteiger charge is 2.37. The van der Waals surface area contributed by atoms with Crippen LogP contribution in [0.25, 0.3) is 22.0 Å². The van der Waals surface area contributed by atoms with Crippen molar-refractivity contribution in [1.82, 2.24) is 20.2 Å². The van der Waals surface area contributed by atoms with Gasteiger partial charge in [0.25, 0.3) is 0 Å². The number of nitrogens with zero attached hydrogens (tertiary/aromatic N) is 2. The zero-order valence-electron chi connectivity index (χ0n) is 18.1. The van der Waals surface area contributed by atoms with E-state index in [1.165, 1.54) is 17.9 Å². The summed E-state index contributed by atoms with van der Waals surface area (Å²) in [5, 5.41) is 5.04. The lowest BCUT2D eigenvalue weighted by molar-refractivity contribution is -0.135. The van der Waals surface area contributed by atoms with Crippen molar-refractivity contribution >= 4 is 22.8 Å². The van der Waals surface area contributed by atoms with Gasteiger partial charge in [-0.2, -0.15) is 0 Å². The molecule has 0 bridgehead atoms. The van der Waals surface area contributed by atoms with Gasteiger partial charge < -0.3 is 19.9 Å². The number of nitrogens with one attached hydrogen (secondary N) is 2. The average molecular weight is 421 g/mol. The minimum Gasteiger partial charge on any atom is -0.453 e. The van der Waals surface area contributed by atoms with E-state index in [-0.39, 0.29) is 17.9 Å². The van der Waals surface area contributed by atoms with Crippen molar-refractivity contribution in [3.05, 3.63) is 54.5 Å². The molecule has 7 heteroatoms. The van der Waals surface area contributed by atoms with Crippen LogP contribution in [0.15, 0.2) is 48.7 Å². The van der Waals surface area contributed by atoms with E-state index in [0.717, 1.165) is 29.9 Å². The smallest absolute Gasteiger partial charge is 0.407 e. The normalized spacial score (nSPS) is 17.2. The van der Waals surface area contributed by atoms with Gasteiger partial charge in [-0.3, -0.25) is 4.79 Å². The number of rotatable bonds is 5. The summed E-state index contributed by atoms with van der Waals surface area (Å²) >= 11 is 0. The Hall–Kier alpha value is -3.35. The SMILES string of the molecule is COC(=O)N[C@H](C(=O)N1CCC[C@H]1c1ncc(-c2ccc3ccccc3c2)[nH]1)C(C)C. The number of aromatic amines is 1. The fourth-order valence-electron chi connectivity index (χ4n) is 4.20. The van der Waals surface area contributed by atoms with Gasteiger partial charge in [0.1, 0.15) is 11.9 Å². The molecule has 0 unspecified atom stereocenters. The van der Waals surface area contributed by atoms with Gasteiger partial charge in [-0.25, -0.2) is 9.78 Å². The number of benzene rings is 2. The van der Waals surface area contributed by atoms with E-state index in [1.807, 2.05) is 37.1 Å². The summed E-state index contributed by atoms with van der Waals surface area (Å²) < 4.78 is 4.70. The first-order valence-electron chi connectivity index (χ1n) is 10.7. The van der Waals surface area contributed by atoms with Crippen LogP contribution in [0.3, 0.4) is 0 Å². The number of hydrogen-bond acceptors (Lipinski definition) is 4. The number of alkyl carbamates (subject to hydrolysis) is 1. The lowest BCUT2D eigenvalue weighted by Crippen LogP contribution is -2.51. The number of amides is 2. The molecule has 31 heavy (non-hydrogen) atoms. The predicted octanol–water partition coefficient (Wildman–Crippen LogP) is 4.27. The van der Waals surface area contributed by atoms with E-state index < -0.39 is 12.1 Å². The standard InChI is InChI=1S/C24H28N4O3/c1-15(2)21(27-24(30)31-3)23(29)28-12-6-9-20(28)22-25-14-19(26-22)18-11-10-16-7-4-5-8-17(16)13-18/h4-5,7-8,10-11,13-15,20-21H,6,9,12H2,1-3H3,(H,25,26)(H,27,30)/t20-,21-/m0/s1. The molecule has 1 aromatic heterocycles. The number of H-pyrrole nitrogens is 1. The summed E-state index contributed by atoms with van der Waals surface area (Å²) in [6.07, 6.45) is 2.96. The second-order valence-corrected chi connectivity index (χ2v) is 8.29. The van der Waals surface area contributed by atoms with Crippen molar-refractivity contribution in [3.8, 4) is 11.3 Å². The van der Waals surface area contributed by atoms with Crippen LogP contribution in [-0.4, -0.2) is 46.6 Å². The maximum absolute atomic E-state index is 13.3. The molecule has 1 saturated heterocycles. The zero-order chi connectivity index (χ0) is 22.0. The average Bonchev–Trinajstić information content (AvgIpc) is 3.45. The Bertz CT molecular complexity index is 1090. The third kappa shape index (κ3) is 4.26. The van der Waals surface area contributed by atoms with Crippen LogP contribution in [-0.2, 0) is 9.53 Å². The lowest BCUT2D eigenvalue weighted by Gasteiger charge is -2.30. The Morgan fingerprint density at radius 3 is 2.71 bits per heavy atom. The fraction of sp³-hybridized carbons (Fsp3) is 0.375. The van der Waals surface area contributed by atoms with Crippen molar-refractivity contribution < 1.29 is 14.3 Å². The van der Waals surface area contributed by atoms with Gasteiger partial charge in [0, 0.05) is 12.1 Å². The molecular weight excluding hydrogens is 392 g/mol. The van der Waals surface area contributed by atoms with Crippen LogP contribution in [0.2, 0.25) is 0 Å². The molecular formula is C24H28N4O3. The van der Waals surface area contributed by atoms with E-state index >= 15 is 0 Å². The van der Waals surface area contributed by atoms with Crippen LogP contribution < -0.4 is 5.32 Å². The van der Waals surface area contributed by atoms with E-state index in [4.69, 9.17) is 4.74 Å². The van der Waals surface area contributed by atoms with Crippen LogP contribution in [0, 0.1) is 5.92 Å². The highest BCUT2D eigenvalue weighted by atomic mass is 16.5. The molecule has 7 nitrogen and oxygen atoms in total. The van der Waals surface area contributed by atoms with E-state index in [9.17, 15) is 9.59 Å². The molecule has 2 amide bonds. The summed E-state index contributed by atoms with van der Waals surface area (Å²) in [5.41, 5.74) is 1.98. The quantitative estimate of drug-likeness (QED) is 0.645. The molecule has 1 aliphatic heterocycles. The molecule has 0 saturated carbocycles. The molecule has 2 aromatic carbocycles. The predicted molar refractivity (Wildman–Crippen MR) is 119 cm³/mol. The number of methoxy groups -OCH3 is 1. The van der Waals surface area contributed by atoms with Crippen LogP contribution in [0.1, 0.15) is 38.6 Å². The number of imidazole rings is 1. The maximum Gasteiger partial charge on any atom is 0.407 e. The second-order valence-electron chi connectivity index (χ2n) is 8.29. The minimum atomic E-state index is -0.636. The van der Waals surface area contributed by atoms with Gasteiger partial charge in [0.2, 0.25) is 5.91 Å². The van der Waals surface area contributed by atoms with E-state index in [0.29, 0.717) is 6.54 Å². The number of carbonyl (C=O) groups excluding carboxylic acids is 2. The summed E-state index contributed by atoms with van der Waals surface area (Å²) in [7, 11) is 1.30. The molecule has 2 N–H and O–H groups in total. The largest absolute Gasteiger partial charge is 0.453 e. The first kappa shape index (κ1) is 20.9. The molecule has 4 rings (SSSR count). The number of ether oxygens (including phenoxy) is 1. The van der Waals surface area contributed by atoms with Crippen LogP contribution in [0.5, 0.6) is 0 Å². The number of hydrogen-bond donors (Lipinski definition) is 2. The number of likely N-dealkylation sites (tertiary alicyclic amines) is 1. The van der Waals surface area contributed by atoms with E-state index in [1.54, 1.807) is 0 Å². The molecule has 2 atom stereocenters. The van der Waals surface area contributed by atoms with Gasteiger partial charge in [-0.15, -0.1) is 0 Å². The van der Waals surface area contributed by atoms with Gasteiger partial charge in [-0.05, 0) is 35.6 Å². The first-order chi connectivity index (χ1) is 15.0. The maximum atomic E-state index is 13.3. The third-order valence-electron chi connectivity index (χ3n) is 5.90. The molecule has 1 fully saturated rings. The van der Waals surface area contributed by atoms with Crippen LogP contribution in [0.4, 0.5) is 4.79 Å². The summed E-state index contributed by atoms with van der Waals surface area (Å²) in [4.78, 5) is 34.8. The Morgan fingerprint density at radius 1 is 1.19 bits per heavy atom. The minimum absolute atomic E-state index is 0.0578. The Kier molecular flexibility index (Phi) is 5.93. The number of fused-ring (bicyclic) bond motifs is 1. The van der Waals surface area contributed by atoms with Crippen molar-refractivity contribution in [2.24, 2.45) is 5.92 Å². The van der Waals surface area contributed by atoms with Crippen molar-refractivity contribution in [2.45, 2.75) is 38.8 Å². The molecule has 0 radical (unpaired) electrons. The highest BCUT2D eigenvalue weighted by Crippen LogP contribution is 2.33. The lowest BCUT2D eigenvalue weighted by atomic mass is 10.0. The third-order valence-corrected chi connectivity index (χ3v) is 5.90. The topological polar surface area (TPSA) is 87.3 Å². The Morgan fingerprint density at radius 2 is 1.97 bits per heavy atom. The molecule has 1 aliphatic rings. The molecule has 2 heterocycles. The Labute approximate surface area is 181 Å². The summed E-state index contributed by atoms with van der Waals surface area (Å²) in [6.45, 7) is 4.46. The zero-order valence-corrected chi connectivity index (χ0v) is 18.1.